The van der Waals surface area contributed by atoms with Gasteiger partial charge in [0.2, 0.25) is 0 Å². The van der Waals surface area contributed by atoms with Crippen LogP contribution in [0.4, 0.5) is 15.8 Å². The van der Waals surface area contributed by atoms with Crippen molar-refractivity contribution in [2.75, 3.05) is 10.6 Å². The third-order valence-electron chi connectivity index (χ3n) is 3.99. The maximum Gasteiger partial charge on any atom is 0.260 e. The molecule has 0 fully saturated rings. The molecule has 1 unspecified atom stereocenters. The van der Waals surface area contributed by atoms with Gasteiger partial charge in [0.05, 0.1) is 5.56 Å². The number of carbonyl (C=O) groups excluding carboxylic acids is 1. The predicted octanol–water partition coefficient (Wildman–Crippen LogP) is 3.39. The van der Waals surface area contributed by atoms with E-state index in [9.17, 15) is 9.18 Å². The number of aryl methyl sites for hydroxylation is 1. The van der Waals surface area contributed by atoms with Crippen molar-refractivity contribution >= 4 is 17.3 Å². The minimum absolute atomic E-state index is 0.0943. The Hall–Kier alpha value is -2.36. The zero-order valence-electron chi connectivity index (χ0n) is 11.8. The SMILES string of the molecule is CC1CCc2ccccc2N1C(=O)c1ccc(F)cc1N. The molecule has 0 saturated heterocycles. The fourth-order valence-corrected chi connectivity index (χ4v) is 2.86. The van der Waals surface area contributed by atoms with Crippen molar-refractivity contribution in [1.29, 1.82) is 0 Å². The fraction of sp³-hybridized carbons (Fsp3) is 0.235. The second-order valence-electron chi connectivity index (χ2n) is 5.42. The molecule has 4 heteroatoms. The Labute approximate surface area is 123 Å². The van der Waals surface area contributed by atoms with Crippen molar-refractivity contribution in [2.45, 2.75) is 25.8 Å². The maximum absolute atomic E-state index is 13.2. The summed E-state index contributed by atoms with van der Waals surface area (Å²) in [6.07, 6.45) is 1.86. The van der Waals surface area contributed by atoms with Crippen LogP contribution in [0.2, 0.25) is 0 Å². The molecule has 1 aliphatic rings. The van der Waals surface area contributed by atoms with Gasteiger partial charge in [-0.1, -0.05) is 18.2 Å². The van der Waals surface area contributed by atoms with Crippen LogP contribution >= 0.6 is 0 Å². The van der Waals surface area contributed by atoms with E-state index >= 15 is 0 Å². The quantitative estimate of drug-likeness (QED) is 0.816. The van der Waals surface area contributed by atoms with Crippen LogP contribution in [0.3, 0.4) is 0 Å². The summed E-state index contributed by atoms with van der Waals surface area (Å²) in [7, 11) is 0. The third-order valence-corrected chi connectivity index (χ3v) is 3.99. The lowest BCUT2D eigenvalue weighted by Crippen LogP contribution is -2.42. The van der Waals surface area contributed by atoms with Crippen LogP contribution in [-0.2, 0) is 6.42 Å². The molecule has 1 atom stereocenters. The van der Waals surface area contributed by atoms with E-state index in [-0.39, 0.29) is 17.6 Å². The van der Waals surface area contributed by atoms with Gasteiger partial charge in [0.1, 0.15) is 5.82 Å². The number of anilines is 2. The van der Waals surface area contributed by atoms with Crippen LogP contribution in [0.1, 0.15) is 29.3 Å². The Morgan fingerprint density at radius 2 is 2.05 bits per heavy atom. The van der Waals surface area contributed by atoms with Crippen molar-refractivity contribution in [2.24, 2.45) is 0 Å². The van der Waals surface area contributed by atoms with Gasteiger partial charge in [-0.05, 0) is 49.6 Å². The molecule has 1 amide bonds. The van der Waals surface area contributed by atoms with Gasteiger partial charge < -0.3 is 10.6 Å². The number of fused-ring (bicyclic) bond motifs is 1. The van der Waals surface area contributed by atoms with Crippen molar-refractivity contribution in [3.63, 3.8) is 0 Å². The van der Waals surface area contributed by atoms with Crippen molar-refractivity contribution < 1.29 is 9.18 Å². The molecule has 1 heterocycles. The summed E-state index contributed by atoms with van der Waals surface area (Å²) in [4.78, 5) is 14.6. The zero-order valence-corrected chi connectivity index (χ0v) is 11.8. The molecule has 2 aromatic carbocycles. The van der Waals surface area contributed by atoms with Crippen LogP contribution in [0.15, 0.2) is 42.5 Å². The van der Waals surface area contributed by atoms with Crippen LogP contribution in [0, 0.1) is 5.82 Å². The Kier molecular flexibility index (Phi) is 3.37. The summed E-state index contributed by atoms with van der Waals surface area (Å²) in [5, 5.41) is 0. The van der Waals surface area contributed by atoms with E-state index in [4.69, 9.17) is 5.73 Å². The number of nitrogens with two attached hydrogens (primary N) is 1. The van der Waals surface area contributed by atoms with Crippen molar-refractivity contribution in [3.8, 4) is 0 Å². The molecule has 0 saturated carbocycles. The van der Waals surface area contributed by atoms with Gasteiger partial charge in [-0.2, -0.15) is 0 Å². The number of halogens is 1. The Morgan fingerprint density at radius 3 is 2.81 bits per heavy atom. The molecule has 1 aliphatic heterocycles. The normalized spacial score (nSPS) is 17.4. The van der Waals surface area contributed by atoms with Crippen LogP contribution < -0.4 is 10.6 Å². The molecule has 21 heavy (non-hydrogen) atoms. The number of hydrogen-bond acceptors (Lipinski definition) is 2. The first kappa shape index (κ1) is 13.6. The molecule has 108 valence electrons. The van der Waals surface area contributed by atoms with E-state index in [2.05, 4.69) is 0 Å². The van der Waals surface area contributed by atoms with E-state index in [1.54, 1.807) is 4.90 Å². The number of amides is 1. The van der Waals surface area contributed by atoms with E-state index in [0.29, 0.717) is 5.56 Å². The Morgan fingerprint density at radius 1 is 1.29 bits per heavy atom. The van der Waals surface area contributed by atoms with Crippen LogP contribution in [0.25, 0.3) is 0 Å². The number of hydrogen-bond donors (Lipinski definition) is 1. The van der Waals surface area contributed by atoms with Crippen LogP contribution in [0.5, 0.6) is 0 Å². The smallest absolute Gasteiger partial charge is 0.260 e. The molecule has 2 aromatic rings. The highest BCUT2D eigenvalue weighted by atomic mass is 19.1. The summed E-state index contributed by atoms with van der Waals surface area (Å²) >= 11 is 0. The summed E-state index contributed by atoms with van der Waals surface area (Å²) in [6.45, 7) is 2.02. The average molecular weight is 284 g/mol. The highest BCUT2D eigenvalue weighted by molar-refractivity contribution is 6.10. The zero-order chi connectivity index (χ0) is 15.0. The van der Waals surface area contributed by atoms with Gasteiger partial charge in [0.25, 0.3) is 5.91 Å². The predicted molar refractivity (Wildman–Crippen MR) is 81.8 cm³/mol. The standard InChI is InChI=1S/C17H17FN2O/c1-11-6-7-12-4-2-3-5-16(12)20(11)17(21)14-9-8-13(18)10-15(14)19/h2-5,8-11H,6-7,19H2,1H3. The molecule has 0 radical (unpaired) electrons. The molecule has 0 aromatic heterocycles. The Bertz CT molecular complexity index is 699. The third kappa shape index (κ3) is 2.37. The lowest BCUT2D eigenvalue weighted by atomic mass is 9.95. The first-order valence-electron chi connectivity index (χ1n) is 7.04. The number of para-hydroxylation sites is 1. The molecule has 3 rings (SSSR count). The van der Waals surface area contributed by atoms with E-state index in [0.717, 1.165) is 24.1 Å². The van der Waals surface area contributed by atoms with Crippen molar-refractivity contribution in [3.05, 3.63) is 59.4 Å². The van der Waals surface area contributed by atoms with E-state index in [1.165, 1.54) is 18.2 Å². The maximum atomic E-state index is 13.2. The second-order valence-corrected chi connectivity index (χ2v) is 5.42. The lowest BCUT2D eigenvalue weighted by molar-refractivity contribution is 0.0976. The summed E-state index contributed by atoms with van der Waals surface area (Å²) < 4.78 is 13.2. The minimum Gasteiger partial charge on any atom is -0.398 e. The largest absolute Gasteiger partial charge is 0.398 e. The van der Waals surface area contributed by atoms with Gasteiger partial charge in [0, 0.05) is 17.4 Å². The number of benzene rings is 2. The van der Waals surface area contributed by atoms with E-state index in [1.807, 2.05) is 31.2 Å². The molecular weight excluding hydrogens is 267 g/mol. The van der Waals surface area contributed by atoms with Gasteiger partial charge in [-0.25, -0.2) is 4.39 Å². The molecular formula is C17H17FN2O. The Balaban J connectivity index is 2.05. The van der Waals surface area contributed by atoms with Gasteiger partial charge in [-0.15, -0.1) is 0 Å². The topological polar surface area (TPSA) is 46.3 Å². The van der Waals surface area contributed by atoms with Gasteiger partial charge >= 0.3 is 0 Å². The number of nitrogens with zero attached hydrogens (tertiary/aromatic N) is 1. The van der Waals surface area contributed by atoms with Crippen LogP contribution in [-0.4, -0.2) is 11.9 Å². The molecule has 0 bridgehead atoms. The second kappa shape index (κ2) is 5.20. The number of carbonyl (C=O) groups is 1. The summed E-state index contributed by atoms with van der Waals surface area (Å²) in [6, 6.07) is 11.9. The van der Waals surface area contributed by atoms with Crippen molar-refractivity contribution in [1.82, 2.24) is 0 Å². The monoisotopic (exact) mass is 284 g/mol. The van der Waals surface area contributed by atoms with E-state index < -0.39 is 5.82 Å². The summed E-state index contributed by atoms with van der Waals surface area (Å²) in [5.74, 6) is -0.608. The van der Waals surface area contributed by atoms with Gasteiger partial charge in [-0.3, -0.25) is 4.79 Å². The minimum atomic E-state index is -0.434. The number of rotatable bonds is 1. The highest BCUT2D eigenvalue weighted by Crippen LogP contribution is 2.32. The first-order chi connectivity index (χ1) is 10.1. The molecule has 0 spiro atoms. The molecule has 0 aliphatic carbocycles. The first-order valence-corrected chi connectivity index (χ1v) is 7.04. The highest BCUT2D eigenvalue weighted by Gasteiger charge is 2.29. The lowest BCUT2D eigenvalue weighted by Gasteiger charge is -2.35. The fourth-order valence-electron chi connectivity index (χ4n) is 2.86. The van der Waals surface area contributed by atoms with Gasteiger partial charge in [0.15, 0.2) is 0 Å². The molecule has 2 N–H and O–H groups in total. The summed E-state index contributed by atoms with van der Waals surface area (Å²) in [5.41, 5.74) is 8.41. The average Bonchev–Trinajstić information content (AvgIpc) is 2.46. The number of nitrogen functional groups attached to an aromatic ring is 1. The molecule has 3 nitrogen and oxygen atoms in total.